The van der Waals surface area contributed by atoms with Gasteiger partial charge in [0.1, 0.15) is 0 Å². The molecule has 1 aliphatic heterocycles. The molecule has 0 saturated carbocycles. The number of aryl methyl sites for hydroxylation is 1. The van der Waals surface area contributed by atoms with Crippen molar-refractivity contribution in [2.75, 3.05) is 13.1 Å². The first-order chi connectivity index (χ1) is 11.0. The van der Waals surface area contributed by atoms with Crippen LogP contribution in [-0.2, 0) is 0 Å². The van der Waals surface area contributed by atoms with Crippen LogP contribution in [0.2, 0.25) is 0 Å². The van der Waals surface area contributed by atoms with Gasteiger partial charge >= 0.3 is 0 Å². The smallest absolute Gasteiger partial charge is 0.253 e. The lowest BCUT2D eigenvalue weighted by Gasteiger charge is -2.38. The number of rotatable bonds is 3. The SMILES string of the molecule is CCCC1(O)CCN(C(=O)c2ccc3nc(C)ccc3c2)CC1. The second-order valence-corrected chi connectivity index (χ2v) is 6.63. The Labute approximate surface area is 137 Å². The lowest BCUT2D eigenvalue weighted by molar-refractivity contribution is -0.0233. The minimum atomic E-state index is -0.587. The van der Waals surface area contributed by atoms with Gasteiger partial charge in [0.05, 0.1) is 11.1 Å². The monoisotopic (exact) mass is 312 g/mol. The molecule has 0 spiro atoms. The Hall–Kier alpha value is -1.94. The number of amides is 1. The van der Waals surface area contributed by atoms with Crippen molar-refractivity contribution in [3.63, 3.8) is 0 Å². The van der Waals surface area contributed by atoms with Crippen molar-refractivity contribution in [2.45, 2.75) is 45.1 Å². The minimum absolute atomic E-state index is 0.0472. The molecular weight excluding hydrogens is 288 g/mol. The minimum Gasteiger partial charge on any atom is -0.390 e. The number of carbonyl (C=O) groups is 1. The lowest BCUT2D eigenvalue weighted by Crippen LogP contribution is -2.46. The van der Waals surface area contributed by atoms with Gasteiger partial charge in [-0.3, -0.25) is 9.78 Å². The van der Waals surface area contributed by atoms with E-state index >= 15 is 0 Å². The molecule has 3 rings (SSSR count). The largest absolute Gasteiger partial charge is 0.390 e. The van der Waals surface area contributed by atoms with Crippen molar-refractivity contribution in [3.05, 3.63) is 41.6 Å². The quantitative estimate of drug-likeness (QED) is 0.946. The van der Waals surface area contributed by atoms with Crippen LogP contribution in [-0.4, -0.2) is 39.6 Å². The van der Waals surface area contributed by atoms with Crippen LogP contribution in [0.4, 0.5) is 0 Å². The number of hydrogen-bond donors (Lipinski definition) is 1. The van der Waals surface area contributed by atoms with Crippen LogP contribution in [0.3, 0.4) is 0 Å². The van der Waals surface area contributed by atoms with Crippen LogP contribution in [0, 0.1) is 6.92 Å². The molecule has 4 nitrogen and oxygen atoms in total. The summed E-state index contributed by atoms with van der Waals surface area (Å²) in [6.45, 7) is 5.29. The van der Waals surface area contributed by atoms with E-state index < -0.39 is 5.60 Å². The maximum Gasteiger partial charge on any atom is 0.253 e. The maximum atomic E-state index is 12.7. The summed E-state index contributed by atoms with van der Waals surface area (Å²) in [5, 5.41) is 11.4. The fraction of sp³-hybridized carbons (Fsp3) is 0.474. The van der Waals surface area contributed by atoms with E-state index in [-0.39, 0.29) is 5.91 Å². The Morgan fingerprint density at radius 2 is 2.00 bits per heavy atom. The standard InChI is InChI=1S/C19H24N2O2/c1-3-8-19(23)9-11-21(12-10-19)18(22)16-6-7-17-15(13-16)5-4-14(2)20-17/h4-7,13,23H,3,8-12H2,1-2H3. The van der Waals surface area contributed by atoms with Crippen molar-refractivity contribution in [1.82, 2.24) is 9.88 Å². The summed E-state index contributed by atoms with van der Waals surface area (Å²) in [5.41, 5.74) is 2.00. The zero-order valence-corrected chi connectivity index (χ0v) is 13.9. The Kier molecular flexibility index (Phi) is 4.35. The van der Waals surface area contributed by atoms with Gasteiger partial charge in [0.2, 0.25) is 0 Å². The molecule has 122 valence electrons. The molecule has 2 aromatic rings. The second kappa shape index (κ2) is 6.28. The Bertz CT molecular complexity index is 718. The number of benzene rings is 1. The van der Waals surface area contributed by atoms with Crippen molar-refractivity contribution >= 4 is 16.8 Å². The number of fused-ring (bicyclic) bond motifs is 1. The summed E-state index contributed by atoms with van der Waals surface area (Å²) in [6.07, 6.45) is 3.12. The fourth-order valence-electron chi connectivity index (χ4n) is 3.38. The van der Waals surface area contributed by atoms with Crippen LogP contribution in [0.1, 0.15) is 48.7 Å². The summed E-state index contributed by atoms with van der Waals surface area (Å²) in [7, 11) is 0. The Morgan fingerprint density at radius 3 is 2.70 bits per heavy atom. The molecule has 1 N–H and O–H groups in total. The van der Waals surface area contributed by atoms with Crippen molar-refractivity contribution in [3.8, 4) is 0 Å². The van der Waals surface area contributed by atoms with E-state index in [1.807, 2.05) is 42.2 Å². The molecule has 2 heterocycles. The van der Waals surface area contributed by atoms with Crippen LogP contribution in [0.5, 0.6) is 0 Å². The van der Waals surface area contributed by atoms with E-state index in [0.717, 1.165) is 29.4 Å². The van der Waals surface area contributed by atoms with E-state index in [0.29, 0.717) is 31.5 Å². The summed E-state index contributed by atoms with van der Waals surface area (Å²) >= 11 is 0. The number of carbonyl (C=O) groups excluding carboxylic acids is 1. The number of hydrogen-bond acceptors (Lipinski definition) is 3. The van der Waals surface area contributed by atoms with Gasteiger partial charge in [0, 0.05) is 29.7 Å². The van der Waals surface area contributed by atoms with Gasteiger partial charge in [-0.2, -0.15) is 0 Å². The predicted molar refractivity (Wildman–Crippen MR) is 91.5 cm³/mol. The van der Waals surface area contributed by atoms with E-state index in [2.05, 4.69) is 11.9 Å². The van der Waals surface area contributed by atoms with Crippen LogP contribution in [0.25, 0.3) is 10.9 Å². The highest BCUT2D eigenvalue weighted by Gasteiger charge is 2.33. The maximum absolute atomic E-state index is 12.7. The molecule has 1 amide bonds. The molecule has 0 bridgehead atoms. The summed E-state index contributed by atoms with van der Waals surface area (Å²) < 4.78 is 0. The number of aromatic nitrogens is 1. The number of nitrogens with zero attached hydrogens (tertiary/aromatic N) is 2. The third-order valence-electron chi connectivity index (χ3n) is 4.77. The molecule has 0 radical (unpaired) electrons. The van der Waals surface area contributed by atoms with Gasteiger partial charge in [-0.1, -0.05) is 19.4 Å². The first-order valence-corrected chi connectivity index (χ1v) is 8.40. The molecule has 1 aromatic carbocycles. The molecule has 4 heteroatoms. The van der Waals surface area contributed by atoms with Crippen LogP contribution < -0.4 is 0 Å². The van der Waals surface area contributed by atoms with Gasteiger partial charge < -0.3 is 10.0 Å². The molecule has 1 saturated heterocycles. The highest BCUT2D eigenvalue weighted by Crippen LogP contribution is 2.28. The van der Waals surface area contributed by atoms with E-state index in [1.54, 1.807) is 0 Å². The number of aliphatic hydroxyl groups is 1. The van der Waals surface area contributed by atoms with Crippen LogP contribution in [0.15, 0.2) is 30.3 Å². The fourth-order valence-corrected chi connectivity index (χ4v) is 3.38. The molecule has 0 atom stereocenters. The first-order valence-electron chi connectivity index (χ1n) is 8.40. The number of pyridine rings is 1. The molecule has 23 heavy (non-hydrogen) atoms. The molecule has 0 unspecified atom stereocenters. The van der Waals surface area contributed by atoms with Gasteiger partial charge in [-0.25, -0.2) is 0 Å². The average molecular weight is 312 g/mol. The lowest BCUT2D eigenvalue weighted by atomic mass is 9.87. The van der Waals surface area contributed by atoms with Gasteiger partial charge in [0.25, 0.3) is 5.91 Å². The highest BCUT2D eigenvalue weighted by molar-refractivity contribution is 5.98. The Morgan fingerprint density at radius 1 is 1.26 bits per heavy atom. The van der Waals surface area contributed by atoms with Crippen molar-refractivity contribution in [1.29, 1.82) is 0 Å². The molecule has 1 aliphatic rings. The summed E-state index contributed by atoms with van der Waals surface area (Å²) in [6, 6.07) is 9.64. The van der Waals surface area contributed by atoms with Gasteiger partial charge in [0.15, 0.2) is 0 Å². The zero-order valence-electron chi connectivity index (χ0n) is 13.9. The van der Waals surface area contributed by atoms with E-state index in [9.17, 15) is 9.90 Å². The third-order valence-corrected chi connectivity index (χ3v) is 4.77. The average Bonchev–Trinajstić information content (AvgIpc) is 2.54. The normalized spacial score (nSPS) is 17.4. The highest BCUT2D eigenvalue weighted by atomic mass is 16.3. The number of likely N-dealkylation sites (tertiary alicyclic amines) is 1. The van der Waals surface area contributed by atoms with E-state index in [4.69, 9.17) is 0 Å². The molecule has 1 fully saturated rings. The first kappa shape index (κ1) is 15.9. The third kappa shape index (κ3) is 3.37. The molecule has 1 aromatic heterocycles. The number of piperidine rings is 1. The zero-order chi connectivity index (χ0) is 16.4. The predicted octanol–water partition coefficient (Wildman–Crippen LogP) is 3.31. The Balaban J connectivity index is 1.75. The van der Waals surface area contributed by atoms with E-state index in [1.165, 1.54) is 0 Å². The van der Waals surface area contributed by atoms with Gasteiger partial charge in [-0.15, -0.1) is 0 Å². The van der Waals surface area contributed by atoms with Crippen LogP contribution >= 0.6 is 0 Å². The molecule has 0 aliphatic carbocycles. The van der Waals surface area contributed by atoms with Crippen molar-refractivity contribution in [2.24, 2.45) is 0 Å². The second-order valence-electron chi connectivity index (χ2n) is 6.63. The summed E-state index contributed by atoms with van der Waals surface area (Å²) in [4.78, 5) is 19.0. The topological polar surface area (TPSA) is 53.4 Å². The van der Waals surface area contributed by atoms with Crippen molar-refractivity contribution < 1.29 is 9.90 Å². The van der Waals surface area contributed by atoms with Gasteiger partial charge in [-0.05, 0) is 50.5 Å². The summed E-state index contributed by atoms with van der Waals surface area (Å²) in [5.74, 6) is 0.0472. The molecular formula is C19H24N2O2.